The number of piperidine rings is 1. The first-order valence-electron chi connectivity index (χ1n) is 5.81. The van der Waals surface area contributed by atoms with Crippen LogP contribution in [0, 0.1) is 5.82 Å². The zero-order valence-corrected chi connectivity index (χ0v) is 9.79. The molecule has 2 nitrogen and oxygen atoms in total. The van der Waals surface area contributed by atoms with Crippen molar-refractivity contribution in [2.24, 2.45) is 0 Å². The van der Waals surface area contributed by atoms with Crippen LogP contribution in [0.15, 0.2) is 18.2 Å². The maximum Gasteiger partial charge on any atom is 0.169 e. The van der Waals surface area contributed by atoms with Crippen LogP contribution in [0.4, 0.5) is 4.39 Å². The quantitative estimate of drug-likeness (QED) is 0.832. The highest BCUT2D eigenvalue weighted by Gasteiger charge is 2.23. The summed E-state index contributed by atoms with van der Waals surface area (Å²) in [5, 5.41) is 3.43. The number of nitrogens with one attached hydrogen (secondary N) is 1. The highest BCUT2D eigenvalue weighted by Crippen LogP contribution is 2.30. The maximum atomic E-state index is 14.0. The fraction of sp³-hybridized carbons (Fsp3) is 0.538. The molecule has 1 fully saturated rings. The molecule has 1 N–H and O–H groups in total. The monoisotopic (exact) mass is 223 g/mol. The number of ether oxygens (including phenoxy) is 1. The lowest BCUT2D eigenvalue weighted by Gasteiger charge is -2.29. The summed E-state index contributed by atoms with van der Waals surface area (Å²) in [5.41, 5.74) is 0.728. The Kier molecular flexibility index (Phi) is 3.44. The predicted molar refractivity (Wildman–Crippen MR) is 62.1 cm³/mol. The van der Waals surface area contributed by atoms with E-state index in [2.05, 4.69) is 12.2 Å². The number of benzene rings is 1. The molecule has 1 saturated heterocycles. The first-order chi connectivity index (χ1) is 7.72. The van der Waals surface area contributed by atoms with Crippen LogP contribution in [0.3, 0.4) is 0 Å². The van der Waals surface area contributed by atoms with Crippen LogP contribution in [0.5, 0.6) is 5.75 Å². The van der Waals surface area contributed by atoms with Gasteiger partial charge < -0.3 is 10.1 Å². The van der Waals surface area contributed by atoms with Crippen molar-refractivity contribution in [2.45, 2.75) is 38.3 Å². The van der Waals surface area contributed by atoms with Crippen molar-refractivity contribution in [2.75, 3.05) is 7.11 Å². The molecule has 0 aromatic heterocycles. The molecule has 0 spiro atoms. The Bertz CT molecular complexity index is 367. The molecule has 1 heterocycles. The standard InChI is InChI=1S/C13H18FNO/c1-9-5-3-7-11(15-9)10-6-4-8-12(16-2)13(10)14/h4,6,8-9,11,15H,3,5,7H2,1-2H3. The molecular weight excluding hydrogens is 205 g/mol. The van der Waals surface area contributed by atoms with Crippen LogP contribution in [0.1, 0.15) is 37.8 Å². The van der Waals surface area contributed by atoms with Crippen molar-refractivity contribution in [3.8, 4) is 5.75 Å². The van der Waals surface area contributed by atoms with Crippen molar-refractivity contribution in [1.29, 1.82) is 0 Å². The zero-order valence-electron chi connectivity index (χ0n) is 9.79. The summed E-state index contributed by atoms with van der Waals surface area (Å²) in [4.78, 5) is 0. The average molecular weight is 223 g/mol. The molecule has 2 atom stereocenters. The van der Waals surface area contributed by atoms with Gasteiger partial charge in [-0.25, -0.2) is 4.39 Å². The molecule has 0 bridgehead atoms. The van der Waals surface area contributed by atoms with E-state index in [-0.39, 0.29) is 11.9 Å². The second kappa shape index (κ2) is 4.83. The van der Waals surface area contributed by atoms with Crippen LogP contribution >= 0.6 is 0 Å². The maximum absolute atomic E-state index is 14.0. The highest BCUT2D eigenvalue weighted by molar-refractivity contribution is 5.33. The Morgan fingerprint density at radius 3 is 2.88 bits per heavy atom. The third-order valence-electron chi connectivity index (χ3n) is 3.20. The van der Waals surface area contributed by atoms with Gasteiger partial charge >= 0.3 is 0 Å². The van der Waals surface area contributed by atoms with Crippen molar-refractivity contribution in [3.05, 3.63) is 29.6 Å². The summed E-state index contributed by atoms with van der Waals surface area (Å²) >= 11 is 0. The third kappa shape index (κ3) is 2.19. The van der Waals surface area contributed by atoms with Gasteiger partial charge in [-0.15, -0.1) is 0 Å². The van der Waals surface area contributed by atoms with Crippen molar-refractivity contribution in [1.82, 2.24) is 5.32 Å². The highest BCUT2D eigenvalue weighted by atomic mass is 19.1. The van der Waals surface area contributed by atoms with E-state index in [4.69, 9.17) is 4.74 Å². The molecule has 0 radical (unpaired) electrons. The third-order valence-corrected chi connectivity index (χ3v) is 3.20. The summed E-state index contributed by atoms with van der Waals surface area (Å²) in [6.45, 7) is 2.14. The molecule has 16 heavy (non-hydrogen) atoms. The van der Waals surface area contributed by atoms with E-state index in [1.165, 1.54) is 13.5 Å². The summed E-state index contributed by atoms with van der Waals surface area (Å²) in [6, 6.07) is 5.93. The second-order valence-corrected chi connectivity index (χ2v) is 4.41. The van der Waals surface area contributed by atoms with Crippen LogP contribution in [0.2, 0.25) is 0 Å². The molecule has 1 aliphatic rings. The molecule has 2 unspecified atom stereocenters. The van der Waals surface area contributed by atoms with E-state index in [9.17, 15) is 4.39 Å². The Morgan fingerprint density at radius 2 is 2.19 bits per heavy atom. The van der Waals surface area contributed by atoms with Gasteiger partial charge in [0.1, 0.15) is 0 Å². The van der Waals surface area contributed by atoms with E-state index in [0.29, 0.717) is 11.8 Å². The molecule has 1 aromatic rings. The smallest absolute Gasteiger partial charge is 0.169 e. The van der Waals surface area contributed by atoms with Gasteiger partial charge in [0.2, 0.25) is 0 Å². The Labute approximate surface area is 95.8 Å². The first kappa shape index (κ1) is 11.4. The van der Waals surface area contributed by atoms with Crippen molar-refractivity contribution < 1.29 is 9.13 Å². The minimum atomic E-state index is -0.225. The van der Waals surface area contributed by atoms with E-state index in [1.54, 1.807) is 6.07 Å². The molecule has 0 saturated carbocycles. The minimum Gasteiger partial charge on any atom is -0.494 e. The van der Waals surface area contributed by atoms with Gasteiger partial charge in [0.05, 0.1) is 7.11 Å². The number of rotatable bonds is 2. The Hall–Kier alpha value is -1.09. The fourth-order valence-corrected chi connectivity index (χ4v) is 2.34. The SMILES string of the molecule is COc1cccc(C2CCCC(C)N2)c1F. The molecule has 3 heteroatoms. The van der Waals surface area contributed by atoms with Gasteiger partial charge in [0.15, 0.2) is 11.6 Å². The van der Waals surface area contributed by atoms with E-state index in [1.807, 2.05) is 12.1 Å². The molecule has 1 aromatic carbocycles. The lowest BCUT2D eigenvalue weighted by atomic mass is 9.93. The second-order valence-electron chi connectivity index (χ2n) is 4.41. The molecule has 0 amide bonds. The Morgan fingerprint density at radius 1 is 1.38 bits per heavy atom. The molecule has 2 rings (SSSR count). The largest absolute Gasteiger partial charge is 0.494 e. The fourth-order valence-electron chi connectivity index (χ4n) is 2.34. The topological polar surface area (TPSA) is 21.3 Å². The van der Waals surface area contributed by atoms with Crippen LogP contribution in [0.25, 0.3) is 0 Å². The number of hydrogen-bond donors (Lipinski definition) is 1. The Balaban J connectivity index is 2.25. The van der Waals surface area contributed by atoms with Gasteiger partial charge in [0, 0.05) is 17.6 Å². The molecular formula is C13H18FNO. The van der Waals surface area contributed by atoms with E-state index in [0.717, 1.165) is 18.4 Å². The summed E-state index contributed by atoms with van der Waals surface area (Å²) in [7, 11) is 1.50. The summed E-state index contributed by atoms with van der Waals surface area (Å²) in [6.07, 6.45) is 3.31. The van der Waals surface area contributed by atoms with Gasteiger partial charge in [-0.2, -0.15) is 0 Å². The van der Waals surface area contributed by atoms with Crippen LogP contribution < -0.4 is 10.1 Å². The van der Waals surface area contributed by atoms with Gasteiger partial charge in [-0.05, 0) is 25.8 Å². The number of halogens is 1. The van der Waals surface area contributed by atoms with E-state index < -0.39 is 0 Å². The number of hydrogen-bond acceptors (Lipinski definition) is 2. The van der Waals surface area contributed by atoms with Gasteiger partial charge in [0.25, 0.3) is 0 Å². The molecule has 0 aliphatic carbocycles. The predicted octanol–water partition coefficient (Wildman–Crippen LogP) is 3.04. The first-order valence-corrected chi connectivity index (χ1v) is 5.81. The lowest BCUT2D eigenvalue weighted by molar-refractivity contribution is 0.327. The zero-order chi connectivity index (χ0) is 11.5. The summed E-state index contributed by atoms with van der Waals surface area (Å²) < 4.78 is 19.0. The van der Waals surface area contributed by atoms with Crippen LogP contribution in [-0.2, 0) is 0 Å². The van der Waals surface area contributed by atoms with Crippen molar-refractivity contribution >= 4 is 0 Å². The summed E-state index contributed by atoms with van der Waals surface area (Å²) in [5.74, 6) is 0.106. The van der Waals surface area contributed by atoms with E-state index >= 15 is 0 Å². The normalized spacial score (nSPS) is 25.4. The van der Waals surface area contributed by atoms with Crippen molar-refractivity contribution in [3.63, 3.8) is 0 Å². The lowest BCUT2D eigenvalue weighted by Crippen LogP contribution is -2.35. The number of methoxy groups -OCH3 is 1. The van der Waals surface area contributed by atoms with Crippen LogP contribution in [-0.4, -0.2) is 13.2 Å². The minimum absolute atomic E-state index is 0.124. The van der Waals surface area contributed by atoms with Gasteiger partial charge in [-0.3, -0.25) is 0 Å². The van der Waals surface area contributed by atoms with Gasteiger partial charge in [-0.1, -0.05) is 18.6 Å². The average Bonchev–Trinajstić information content (AvgIpc) is 2.29. The molecule has 1 aliphatic heterocycles. The molecule has 88 valence electrons.